The molecule has 0 saturated carbocycles. The molecule has 0 amide bonds. The van der Waals surface area contributed by atoms with Crippen LogP contribution in [0.3, 0.4) is 0 Å². The van der Waals surface area contributed by atoms with Crippen molar-refractivity contribution in [3.63, 3.8) is 0 Å². The summed E-state index contributed by atoms with van der Waals surface area (Å²) in [5, 5.41) is 11.1. The largest absolute Gasteiger partial charge is 0.497 e. The van der Waals surface area contributed by atoms with Gasteiger partial charge in [-0.05, 0) is 12.1 Å². The zero-order valence-electron chi connectivity index (χ0n) is 9.04. The molecule has 1 aromatic heterocycles. The highest BCUT2D eigenvalue weighted by Crippen LogP contribution is 2.23. The first kappa shape index (κ1) is 11.6. The number of aromatic nitrogens is 2. The predicted molar refractivity (Wildman–Crippen MR) is 61.9 cm³/mol. The lowest BCUT2D eigenvalue weighted by Gasteiger charge is -2.00. The standard InChI is InChI=1S/C10H11N3O3S/c1-16-8-4-2-3-7(5-8)9-6-10(13-12-9)17(11,14)15/h2-6H,1H3,(H,12,13)(H2,11,14,15). The highest BCUT2D eigenvalue weighted by Gasteiger charge is 2.12. The van der Waals surface area contributed by atoms with Crippen molar-refractivity contribution in [1.29, 1.82) is 0 Å². The van der Waals surface area contributed by atoms with E-state index in [1.54, 1.807) is 31.4 Å². The summed E-state index contributed by atoms with van der Waals surface area (Å²) in [7, 11) is -2.20. The van der Waals surface area contributed by atoms with E-state index >= 15 is 0 Å². The molecule has 0 saturated heterocycles. The fourth-order valence-corrected chi connectivity index (χ4v) is 1.83. The lowest BCUT2D eigenvalue weighted by molar-refractivity contribution is 0.415. The van der Waals surface area contributed by atoms with Gasteiger partial charge in [0.15, 0.2) is 5.03 Å². The van der Waals surface area contributed by atoms with Crippen molar-refractivity contribution in [3.05, 3.63) is 30.3 Å². The Hall–Kier alpha value is -1.86. The highest BCUT2D eigenvalue weighted by molar-refractivity contribution is 7.89. The molecule has 0 spiro atoms. The fraction of sp³-hybridized carbons (Fsp3) is 0.100. The van der Waals surface area contributed by atoms with E-state index in [4.69, 9.17) is 9.88 Å². The number of nitrogens with one attached hydrogen (secondary N) is 1. The number of ether oxygens (including phenoxy) is 1. The lowest BCUT2D eigenvalue weighted by atomic mass is 10.1. The van der Waals surface area contributed by atoms with Gasteiger partial charge in [-0.25, -0.2) is 13.6 Å². The monoisotopic (exact) mass is 253 g/mol. The molecular formula is C10H11N3O3S. The van der Waals surface area contributed by atoms with E-state index in [0.717, 1.165) is 5.56 Å². The van der Waals surface area contributed by atoms with Crippen LogP contribution in [0.25, 0.3) is 11.3 Å². The molecule has 0 unspecified atom stereocenters. The maximum absolute atomic E-state index is 11.1. The van der Waals surface area contributed by atoms with Crippen molar-refractivity contribution in [2.24, 2.45) is 5.14 Å². The Morgan fingerprint density at radius 2 is 2.12 bits per heavy atom. The molecule has 0 radical (unpaired) electrons. The van der Waals surface area contributed by atoms with Crippen molar-refractivity contribution in [2.75, 3.05) is 7.11 Å². The first-order chi connectivity index (χ1) is 8.00. The smallest absolute Gasteiger partial charge is 0.254 e. The second kappa shape index (κ2) is 4.19. The van der Waals surface area contributed by atoms with Crippen LogP contribution in [0.15, 0.2) is 35.4 Å². The van der Waals surface area contributed by atoms with Crippen LogP contribution in [0.1, 0.15) is 0 Å². The Bertz CT molecular complexity index is 634. The highest BCUT2D eigenvalue weighted by atomic mass is 32.2. The zero-order valence-corrected chi connectivity index (χ0v) is 9.86. The number of aromatic amines is 1. The summed E-state index contributed by atoms with van der Waals surface area (Å²) in [5.74, 6) is 0.669. The lowest BCUT2D eigenvalue weighted by Crippen LogP contribution is -2.12. The van der Waals surface area contributed by atoms with Gasteiger partial charge in [-0.3, -0.25) is 5.10 Å². The van der Waals surface area contributed by atoms with Gasteiger partial charge in [-0.1, -0.05) is 12.1 Å². The van der Waals surface area contributed by atoms with Crippen LogP contribution in [0.4, 0.5) is 0 Å². The summed E-state index contributed by atoms with van der Waals surface area (Å²) >= 11 is 0. The van der Waals surface area contributed by atoms with E-state index in [1.807, 2.05) is 0 Å². The number of hydrogen-bond donors (Lipinski definition) is 2. The van der Waals surface area contributed by atoms with Crippen LogP contribution < -0.4 is 9.88 Å². The Balaban J connectivity index is 2.43. The molecule has 0 aliphatic heterocycles. The van der Waals surface area contributed by atoms with E-state index in [-0.39, 0.29) is 5.03 Å². The molecule has 2 rings (SSSR count). The number of H-pyrrole nitrogens is 1. The van der Waals surface area contributed by atoms with E-state index < -0.39 is 10.0 Å². The second-order valence-corrected chi connectivity index (χ2v) is 4.92. The molecule has 0 fully saturated rings. The minimum absolute atomic E-state index is 0.115. The normalized spacial score (nSPS) is 11.4. The van der Waals surface area contributed by atoms with Crippen LogP contribution in [-0.4, -0.2) is 25.7 Å². The fourth-order valence-electron chi connectivity index (χ4n) is 1.38. The van der Waals surface area contributed by atoms with Crippen molar-refractivity contribution < 1.29 is 13.2 Å². The van der Waals surface area contributed by atoms with Gasteiger partial charge in [-0.2, -0.15) is 5.10 Å². The molecule has 1 aromatic carbocycles. The Labute approximate surface area is 98.5 Å². The molecule has 90 valence electrons. The molecule has 0 aliphatic rings. The average molecular weight is 253 g/mol. The average Bonchev–Trinajstić information content (AvgIpc) is 2.78. The van der Waals surface area contributed by atoms with Crippen LogP contribution in [0.2, 0.25) is 0 Å². The molecule has 6 nitrogen and oxygen atoms in total. The summed E-state index contributed by atoms with van der Waals surface area (Å²) in [4.78, 5) is 0. The third-order valence-corrected chi connectivity index (χ3v) is 3.05. The van der Waals surface area contributed by atoms with Crippen LogP contribution in [0, 0.1) is 0 Å². The van der Waals surface area contributed by atoms with Crippen molar-refractivity contribution in [2.45, 2.75) is 5.03 Å². The number of nitrogens with zero attached hydrogens (tertiary/aromatic N) is 1. The molecule has 1 heterocycles. The number of methoxy groups -OCH3 is 1. The van der Waals surface area contributed by atoms with Crippen molar-refractivity contribution in [3.8, 4) is 17.0 Å². The first-order valence-corrected chi connectivity index (χ1v) is 6.28. The summed E-state index contributed by atoms with van der Waals surface area (Å²) in [6, 6.07) is 8.51. The molecule has 0 bridgehead atoms. The Kier molecular flexibility index (Phi) is 2.86. The number of hydrogen-bond acceptors (Lipinski definition) is 4. The van der Waals surface area contributed by atoms with E-state index in [1.165, 1.54) is 6.07 Å². The van der Waals surface area contributed by atoms with Gasteiger partial charge in [0.2, 0.25) is 0 Å². The van der Waals surface area contributed by atoms with Gasteiger partial charge >= 0.3 is 0 Å². The minimum Gasteiger partial charge on any atom is -0.497 e. The summed E-state index contributed by atoms with van der Waals surface area (Å²) in [5.41, 5.74) is 1.24. The predicted octanol–water partition coefficient (Wildman–Crippen LogP) is 0.733. The molecule has 7 heteroatoms. The van der Waals surface area contributed by atoms with Crippen molar-refractivity contribution >= 4 is 10.0 Å². The van der Waals surface area contributed by atoms with E-state index in [2.05, 4.69) is 10.2 Å². The van der Waals surface area contributed by atoms with Gasteiger partial charge in [0.25, 0.3) is 10.0 Å². The SMILES string of the molecule is COc1cccc(-c2cc(S(N)(=O)=O)[nH]n2)c1. The van der Waals surface area contributed by atoms with Gasteiger partial charge in [0, 0.05) is 11.6 Å². The molecule has 0 atom stereocenters. The molecule has 2 aromatic rings. The van der Waals surface area contributed by atoms with Gasteiger partial charge < -0.3 is 4.74 Å². The van der Waals surface area contributed by atoms with Gasteiger partial charge in [0.05, 0.1) is 12.8 Å². The van der Waals surface area contributed by atoms with Gasteiger partial charge in [-0.15, -0.1) is 0 Å². The maximum Gasteiger partial charge on any atom is 0.254 e. The van der Waals surface area contributed by atoms with Crippen molar-refractivity contribution in [1.82, 2.24) is 10.2 Å². The summed E-state index contributed by atoms with van der Waals surface area (Å²) in [6.07, 6.45) is 0. The van der Waals surface area contributed by atoms with Crippen LogP contribution in [-0.2, 0) is 10.0 Å². The number of rotatable bonds is 3. The van der Waals surface area contributed by atoms with E-state index in [0.29, 0.717) is 11.4 Å². The second-order valence-electron chi connectivity index (χ2n) is 3.39. The maximum atomic E-state index is 11.1. The number of benzene rings is 1. The number of primary sulfonamides is 1. The van der Waals surface area contributed by atoms with E-state index in [9.17, 15) is 8.42 Å². The van der Waals surface area contributed by atoms with Crippen LogP contribution in [0.5, 0.6) is 5.75 Å². The molecular weight excluding hydrogens is 242 g/mol. The Morgan fingerprint density at radius 1 is 1.35 bits per heavy atom. The third kappa shape index (κ3) is 2.45. The summed E-state index contributed by atoms with van der Waals surface area (Å²) < 4.78 is 27.2. The summed E-state index contributed by atoms with van der Waals surface area (Å²) in [6.45, 7) is 0. The zero-order chi connectivity index (χ0) is 12.5. The molecule has 0 aliphatic carbocycles. The third-order valence-electron chi connectivity index (χ3n) is 2.23. The van der Waals surface area contributed by atoms with Gasteiger partial charge in [0.1, 0.15) is 5.75 Å². The topological polar surface area (TPSA) is 98.1 Å². The quantitative estimate of drug-likeness (QED) is 0.842. The molecule has 3 N–H and O–H groups in total. The first-order valence-electron chi connectivity index (χ1n) is 4.73. The number of nitrogens with two attached hydrogens (primary N) is 1. The minimum atomic E-state index is -3.75. The van der Waals surface area contributed by atoms with Crippen LogP contribution >= 0.6 is 0 Å². The number of sulfonamides is 1. The Morgan fingerprint density at radius 3 is 2.71 bits per heavy atom. The molecule has 17 heavy (non-hydrogen) atoms.